The summed E-state index contributed by atoms with van der Waals surface area (Å²) in [6.45, 7) is 0.412. The van der Waals surface area contributed by atoms with Crippen LogP contribution in [0.5, 0.6) is 5.75 Å². The summed E-state index contributed by atoms with van der Waals surface area (Å²) in [5.74, 6) is -0.952. The van der Waals surface area contributed by atoms with Gasteiger partial charge in [0, 0.05) is 13.1 Å². The Morgan fingerprint density at radius 3 is 2.48 bits per heavy atom. The van der Waals surface area contributed by atoms with Crippen LogP contribution in [0.15, 0.2) is 53.4 Å². The number of carbonyl (C=O) groups is 2. The highest BCUT2D eigenvalue weighted by Gasteiger charge is 2.33. The fourth-order valence-electron chi connectivity index (χ4n) is 3.31. The number of benzene rings is 2. The van der Waals surface area contributed by atoms with Crippen molar-refractivity contribution in [3.8, 4) is 5.75 Å². The third kappa shape index (κ3) is 4.57. The largest absolute Gasteiger partial charge is 0.497 e. The molecule has 0 aliphatic carbocycles. The average molecular weight is 417 g/mol. The molecule has 1 aliphatic rings. The van der Waals surface area contributed by atoms with Gasteiger partial charge in [0.25, 0.3) is 5.91 Å². The highest BCUT2D eigenvalue weighted by Crippen LogP contribution is 2.26. The number of hydrogen-bond acceptors (Lipinski definition) is 5. The van der Waals surface area contributed by atoms with Gasteiger partial charge in [-0.3, -0.25) is 9.59 Å². The molecule has 1 unspecified atom stereocenters. The fraction of sp³-hybridized carbons (Fsp3) is 0.300. The van der Waals surface area contributed by atoms with Crippen LogP contribution in [0.25, 0.3) is 0 Å². The zero-order valence-corrected chi connectivity index (χ0v) is 16.8. The van der Waals surface area contributed by atoms with E-state index >= 15 is 0 Å². The Kier molecular flexibility index (Phi) is 6.19. The molecule has 1 aliphatic heterocycles. The topological polar surface area (TPSA) is 119 Å². The molecule has 0 spiro atoms. The first-order chi connectivity index (χ1) is 13.8. The predicted octanol–water partition coefficient (Wildman–Crippen LogP) is 1.83. The monoisotopic (exact) mass is 417 g/mol. The van der Waals surface area contributed by atoms with E-state index in [9.17, 15) is 18.0 Å². The van der Waals surface area contributed by atoms with Crippen molar-refractivity contribution in [1.29, 1.82) is 0 Å². The summed E-state index contributed by atoms with van der Waals surface area (Å²) in [6, 6.07) is 12.6. The number of ether oxygens (including phenoxy) is 1. The van der Waals surface area contributed by atoms with Crippen molar-refractivity contribution in [2.75, 3.05) is 25.5 Å². The van der Waals surface area contributed by atoms with Crippen molar-refractivity contribution >= 4 is 27.5 Å². The standard InChI is InChI=1S/C20H23N3O5S/c1-28-15-8-10-16(11-9-15)29(26,27)23-12-4-5-14(13-23)20(25)22-18-7-3-2-6-17(18)19(21)24/h2-3,6-11,14H,4-5,12-13H2,1H3,(H2,21,24)(H,22,25). The molecule has 1 atom stereocenters. The maximum absolute atomic E-state index is 12.9. The molecule has 9 heteroatoms. The molecule has 1 fully saturated rings. The van der Waals surface area contributed by atoms with Crippen LogP contribution < -0.4 is 15.8 Å². The van der Waals surface area contributed by atoms with E-state index in [2.05, 4.69) is 5.32 Å². The smallest absolute Gasteiger partial charge is 0.250 e. The Labute approximate surface area is 169 Å². The van der Waals surface area contributed by atoms with Gasteiger partial charge < -0.3 is 15.8 Å². The molecule has 0 aromatic heterocycles. The Hall–Kier alpha value is -2.91. The Morgan fingerprint density at radius 1 is 1.14 bits per heavy atom. The lowest BCUT2D eigenvalue weighted by molar-refractivity contribution is -0.120. The average Bonchev–Trinajstić information content (AvgIpc) is 2.74. The maximum atomic E-state index is 12.9. The summed E-state index contributed by atoms with van der Waals surface area (Å²) in [6.07, 6.45) is 1.12. The SMILES string of the molecule is COc1ccc(S(=O)(=O)N2CCCC(C(=O)Nc3ccccc3C(N)=O)C2)cc1. The summed E-state index contributed by atoms with van der Waals surface area (Å²) in [7, 11) is -2.22. The number of hydrogen-bond donors (Lipinski definition) is 2. The first kappa shape index (κ1) is 20.8. The molecular weight excluding hydrogens is 394 g/mol. The molecule has 2 amide bonds. The third-order valence-corrected chi connectivity index (χ3v) is 6.78. The van der Waals surface area contributed by atoms with Gasteiger partial charge in [0.05, 0.1) is 29.2 Å². The molecule has 1 saturated heterocycles. The summed E-state index contributed by atoms with van der Waals surface area (Å²) < 4.78 is 32.3. The normalized spacial score (nSPS) is 17.5. The predicted molar refractivity (Wildman–Crippen MR) is 108 cm³/mol. The number of nitrogens with two attached hydrogens (primary N) is 1. The lowest BCUT2D eigenvalue weighted by Gasteiger charge is -2.31. The van der Waals surface area contributed by atoms with E-state index in [1.165, 1.54) is 29.6 Å². The van der Waals surface area contributed by atoms with Gasteiger partial charge in [0.2, 0.25) is 15.9 Å². The molecule has 1 heterocycles. The van der Waals surface area contributed by atoms with Crippen molar-refractivity contribution in [2.24, 2.45) is 11.7 Å². The van der Waals surface area contributed by atoms with Gasteiger partial charge in [0.1, 0.15) is 5.75 Å². The van der Waals surface area contributed by atoms with E-state index in [4.69, 9.17) is 10.5 Å². The second-order valence-corrected chi connectivity index (χ2v) is 8.71. The molecule has 2 aromatic rings. The number of para-hydroxylation sites is 1. The Morgan fingerprint density at radius 2 is 1.83 bits per heavy atom. The van der Waals surface area contributed by atoms with Gasteiger partial charge in [-0.25, -0.2) is 8.42 Å². The first-order valence-corrected chi connectivity index (χ1v) is 10.6. The van der Waals surface area contributed by atoms with Crippen LogP contribution in [0.2, 0.25) is 0 Å². The van der Waals surface area contributed by atoms with Gasteiger partial charge >= 0.3 is 0 Å². The lowest BCUT2D eigenvalue weighted by atomic mass is 9.98. The number of sulfonamides is 1. The highest BCUT2D eigenvalue weighted by molar-refractivity contribution is 7.89. The van der Waals surface area contributed by atoms with Crippen molar-refractivity contribution in [3.63, 3.8) is 0 Å². The third-order valence-electron chi connectivity index (χ3n) is 4.90. The van der Waals surface area contributed by atoms with E-state index in [0.717, 1.165) is 0 Å². The fourth-order valence-corrected chi connectivity index (χ4v) is 4.84. The van der Waals surface area contributed by atoms with E-state index in [1.54, 1.807) is 30.3 Å². The number of piperidine rings is 1. The van der Waals surface area contributed by atoms with Gasteiger partial charge in [-0.15, -0.1) is 0 Å². The van der Waals surface area contributed by atoms with Crippen LogP contribution in [0.4, 0.5) is 5.69 Å². The number of carbonyl (C=O) groups excluding carboxylic acids is 2. The Balaban J connectivity index is 1.74. The molecule has 0 saturated carbocycles. The zero-order chi connectivity index (χ0) is 21.0. The lowest BCUT2D eigenvalue weighted by Crippen LogP contribution is -2.43. The number of primary amides is 1. The quantitative estimate of drug-likeness (QED) is 0.743. The summed E-state index contributed by atoms with van der Waals surface area (Å²) >= 11 is 0. The van der Waals surface area contributed by atoms with Crippen LogP contribution in [0.3, 0.4) is 0 Å². The van der Waals surface area contributed by atoms with Gasteiger partial charge in [0.15, 0.2) is 0 Å². The van der Waals surface area contributed by atoms with E-state index in [1.807, 2.05) is 0 Å². The van der Waals surface area contributed by atoms with Crippen LogP contribution in [0, 0.1) is 5.92 Å². The van der Waals surface area contributed by atoms with Crippen molar-refractivity contribution < 1.29 is 22.7 Å². The number of methoxy groups -OCH3 is 1. The zero-order valence-electron chi connectivity index (χ0n) is 16.0. The molecule has 154 valence electrons. The number of nitrogens with one attached hydrogen (secondary N) is 1. The number of rotatable bonds is 6. The molecular formula is C20H23N3O5S. The number of anilines is 1. The number of nitrogens with zero attached hydrogens (tertiary/aromatic N) is 1. The van der Waals surface area contributed by atoms with Crippen molar-refractivity contribution in [2.45, 2.75) is 17.7 Å². The maximum Gasteiger partial charge on any atom is 0.250 e. The molecule has 8 nitrogen and oxygen atoms in total. The van der Waals surface area contributed by atoms with Crippen LogP contribution in [-0.4, -0.2) is 44.7 Å². The second-order valence-electron chi connectivity index (χ2n) is 6.78. The molecule has 3 N–H and O–H groups in total. The van der Waals surface area contributed by atoms with Gasteiger partial charge in [-0.05, 0) is 49.2 Å². The number of amides is 2. The van der Waals surface area contributed by atoms with Crippen molar-refractivity contribution in [1.82, 2.24) is 4.31 Å². The molecule has 3 rings (SSSR count). The highest BCUT2D eigenvalue weighted by atomic mass is 32.2. The second kappa shape index (κ2) is 8.62. The van der Waals surface area contributed by atoms with Gasteiger partial charge in [-0.1, -0.05) is 12.1 Å². The minimum Gasteiger partial charge on any atom is -0.497 e. The molecule has 2 aromatic carbocycles. The minimum absolute atomic E-state index is 0.0684. The van der Waals surface area contributed by atoms with E-state index in [-0.39, 0.29) is 22.9 Å². The first-order valence-electron chi connectivity index (χ1n) is 9.17. The molecule has 29 heavy (non-hydrogen) atoms. The summed E-state index contributed by atoms with van der Waals surface area (Å²) in [5, 5.41) is 2.71. The van der Waals surface area contributed by atoms with Crippen LogP contribution >= 0.6 is 0 Å². The Bertz CT molecular complexity index is 1010. The van der Waals surface area contributed by atoms with Crippen LogP contribution in [0.1, 0.15) is 23.2 Å². The van der Waals surface area contributed by atoms with Gasteiger partial charge in [-0.2, -0.15) is 4.31 Å². The molecule has 0 radical (unpaired) electrons. The summed E-state index contributed by atoms with van der Waals surface area (Å²) in [4.78, 5) is 24.4. The van der Waals surface area contributed by atoms with E-state index < -0.39 is 21.8 Å². The van der Waals surface area contributed by atoms with Crippen LogP contribution in [-0.2, 0) is 14.8 Å². The minimum atomic E-state index is -3.72. The van der Waals surface area contributed by atoms with Crippen molar-refractivity contribution in [3.05, 3.63) is 54.1 Å². The summed E-state index contributed by atoms with van der Waals surface area (Å²) in [5.41, 5.74) is 5.87. The van der Waals surface area contributed by atoms with E-state index in [0.29, 0.717) is 30.8 Å². The molecule has 0 bridgehead atoms.